The molecule has 0 bridgehead atoms. The van der Waals surface area contributed by atoms with Crippen LogP contribution in [0, 0.1) is 0 Å². The second kappa shape index (κ2) is 12.5. The number of imidazole rings is 1. The van der Waals surface area contributed by atoms with Crippen molar-refractivity contribution in [2.75, 3.05) is 0 Å². The second-order valence-corrected chi connectivity index (χ2v) is 15.3. The van der Waals surface area contributed by atoms with E-state index in [-0.39, 0.29) is 0 Å². The molecule has 0 radical (unpaired) electrons. The fourth-order valence-electron chi connectivity index (χ4n) is 8.40. The molecule has 0 aliphatic carbocycles. The zero-order valence-electron chi connectivity index (χ0n) is 30.4. The standard InChI is InChI=1S/C50H30N6S/c1-3-13-31(14-4-1)32-23-25-34(26-24-32)48-52-47(33-15-5-2-6-16-33)53-49(54-48)39-28-29-42(36-18-8-7-17-35(36)39)55-41-21-11-9-19-37(41)38-27-30-44-46(45(38)55)57-50-51-40-20-10-12-22-43(40)56(44)50/h1-30H. The molecule has 12 rings (SSSR count). The third kappa shape index (κ3) is 4.96. The van der Waals surface area contributed by atoms with Crippen LogP contribution < -0.4 is 0 Å². The van der Waals surface area contributed by atoms with Crippen LogP contribution in [0.1, 0.15) is 0 Å². The average molecular weight is 747 g/mol. The van der Waals surface area contributed by atoms with Crippen molar-refractivity contribution in [2.45, 2.75) is 0 Å². The zero-order valence-corrected chi connectivity index (χ0v) is 31.2. The Balaban J connectivity index is 1.08. The summed E-state index contributed by atoms with van der Waals surface area (Å²) in [5.41, 5.74) is 11.8. The number of nitrogens with zero attached hydrogens (tertiary/aromatic N) is 6. The first-order valence-electron chi connectivity index (χ1n) is 19.0. The van der Waals surface area contributed by atoms with E-state index in [4.69, 9.17) is 19.9 Å². The van der Waals surface area contributed by atoms with Crippen molar-refractivity contribution < 1.29 is 0 Å². The smallest absolute Gasteiger partial charge is 0.195 e. The number of fused-ring (bicyclic) bond motifs is 10. The fourth-order valence-corrected chi connectivity index (χ4v) is 9.57. The number of para-hydroxylation sites is 3. The molecule has 0 amide bonds. The summed E-state index contributed by atoms with van der Waals surface area (Å²) < 4.78 is 5.95. The van der Waals surface area contributed by atoms with Crippen LogP contribution in [-0.4, -0.2) is 28.9 Å². The minimum Gasteiger partial charge on any atom is -0.307 e. The van der Waals surface area contributed by atoms with Gasteiger partial charge in [0, 0.05) is 32.8 Å². The summed E-state index contributed by atoms with van der Waals surface area (Å²) in [5, 5.41) is 4.60. The summed E-state index contributed by atoms with van der Waals surface area (Å²) in [6, 6.07) is 63.7. The van der Waals surface area contributed by atoms with Gasteiger partial charge in [-0.25, -0.2) is 19.9 Å². The molecule has 57 heavy (non-hydrogen) atoms. The lowest BCUT2D eigenvalue weighted by Crippen LogP contribution is -2.02. The van der Waals surface area contributed by atoms with E-state index < -0.39 is 0 Å². The molecule has 4 heterocycles. The van der Waals surface area contributed by atoms with Crippen LogP contribution in [0.2, 0.25) is 0 Å². The molecule has 6 nitrogen and oxygen atoms in total. The van der Waals surface area contributed by atoms with Gasteiger partial charge in [0.25, 0.3) is 0 Å². The van der Waals surface area contributed by atoms with Gasteiger partial charge < -0.3 is 4.57 Å². The number of hydrogen-bond acceptors (Lipinski definition) is 5. The highest BCUT2D eigenvalue weighted by atomic mass is 32.1. The van der Waals surface area contributed by atoms with Crippen molar-refractivity contribution in [1.29, 1.82) is 0 Å². The van der Waals surface area contributed by atoms with E-state index in [9.17, 15) is 0 Å². The Morgan fingerprint density at radius 2 is 0.947 bits per heavy atom. The highest BCUT2D eigenvalue weighted by Gasteiger charge is 2.22. The maximum Gasteiger partial charge on any atom is 0.195 e. The molecule has 0 atom stereocenters. The highest BCUT2D eigenvalue weighted by Crippen LogP contribution is 2.43. The molecule has 266 valence electrons. The molecular weight excluding hydrogens is 717 g/mol. The lowest BCUT2D eigenvalue weighted by Gasteiger charge is -2.15. The summed E-state index contributed by atoms with van der Waals surface area (Å²) in [5.74, 6) is 1.90. The lowest BCUT2D eigenvalue weighted by atomic mass is 10.0. The summed E-state index contributed by atoms with van der Waals surface area (Å²) in [6.07, 6.45) is 0. The predicted molar refractivity (Wildman–Crippen MR) is 235 cm³/mol. The van der Waals surface area contributed by atoms with Gasteiger partial charge in [0.15, 0.2) is 22.4 Å². The monoisotopic (exact) mass is 746 g/mol. The molecule has 0 saturated carbocycles. The molecule has 4 aromatic heterocycles. The molecule has 7 heteroatoms. The Labute approximate surface area is 330 Å². The van der Waals surface area contributed by atoms with Gasteiger partial charge >= 0.3 is 0 Å². The Kier molecular flexibility index (Phi) is 7.00. The Hall–Kier alpha value is -7.48. The van der Waals surface area contributed by atoms with Crippen molar-refractivity contribution in [3.05, 3.63) is 182 Å². The van der Waals surface area contributed by atoms with Gasteiger partial charge in [0.2, 0.25) is 0 Å². The maximum atomic E-state index is 5.19. The normalized spacial score (nSPS) is 11.9. The molecule has 0 spiro atoms. The number of rotatable bonds is 5. The first kappa shape index (κ1) is 31.8. The van der Waals surface area contributed by atoms with E-state index in [0.717, 1.165) is 65.7 Å². The Bertz CT molecular complexity index is 3510. The molecule has 0 fully saturated rings. The summed E-state index contributed by atoms with van der Waals surface area (Å²) in [6.45, 7) is 0. The van der Waals surface area contributed by atoms with Gasteiger partial charge in [-0.1, -0.05) is 157 Å². The molecule has 0 aliphatic heterocycles. The largest absolute Gasteiger partial charge is 0.307 e. The predicted octanol–water partition coefficient (Wildman–Crippen LogP) is 12.8. The van der Waals surface area contributed by atoms with Crippen LogP contribution in [0.15, 0.2) is 182 Å². The van der Waals surface area contributed by atoms with E-state index in [1.807, 2.05) is 24.3 Å². The third-order valence-corrected chi connectivity index (χ3v) is 12.1. The Morgan fingerprint density at radius 1 is 0.368 bits per heavy atom. The van der Waals surface area contributed by atoms with Gasteiger partial charge in [-0.05, 0) is 52.9 Å². The minimum atomic E-state index is 0.629. The minimum absolute atomic E-state index is 0.629. The van der Waals surface area contributed by atoms with E-state index in [1.54, 1.807) is 11.3 Å². The quantitative estimate of drug-likeness (QED) is 0.176. The molecule has 8 aromatic carbocycles. The first-order chi connectivity index (χ1) is 28.3. The van der Waals surface area contributed by atoms with Crippen molar-refractivity contribution in [2.24, 2.45) is 0 Å². The van der Waals surface area contributed by atoms with Crippen LogP contribution in [0.25, 0.3) is 110 Å². The van der Waals surface area contributed by atoms with E-state index in [2.05, 4.69) is 167 Å². The number of benzene rings is 8. The third-order valence-electron chi connectivity index (χ3n) is 11.0. The molecule has 0 N–H and O–H groups in total. The second-order valence-electron chi connectivity index (χ2n) is 14.3. The maximum absolute atomic E-state index is 5.19. The van der Waals surface area contributed by atoms with Gasteiger partial charge in [-0.15, -0.1) is 0 Å². The fraction of sp³-hybridized carbons (Fsp3) is 0. The number of hydrogen-bond donors (Lipinski definition) is 0. The average Bonchev–Trinajstić information content (AvgIpc) is 3.95. The number of thiazole rings is 1. The van der Waals surface area contributed by atoms with Crippen LogP contribution in [-0.2, 0) is 0 Å². The van der Waals surface area contributed by atoms with Crippen molar-refractivity contribution in [3.63, 3.8) is 0 Å². The molecular formula is C50H30N6S. The van der Waals surface area contributed by atoms with Crippen LogP contribution in [0.5, 0.6) is 0 Å². The number of aromatic nitrogens is 6. The highest BCUT2D eigenvalue weighted by molar-refractivity contribution is 7.24. The summed E-state index contributed by atoms with van der Waals surface area (Å²) in [7, 11) is 0. The van der Waals surface area contributed by atoms with Gasteiger partial charge in [-0.2, -0.15) is 0 Å². The van der Waals surface area contributed by atoms with Crippen LogP contribution in [0.3, 0.4) is 0 Å². The van der Waals surface area contributed by atoms with Crippen molar-refractivity contribution in [3.8, 4) is 51.0 Å². The SMILES string of the molecule is c1ccc(-c2ccc(-c3nc(-c4ccccc4)nc(-c4ccc(-n5c6ccccc6c6ccc7c(sc8nc9ccccc9n87)c65)c5ccccc45)n3)cc2)cc1. The van der Waals surface area contributed by atoms with Crippen LogP contribution in [0.4, 0.5) is 0 Å². The Morgan fingerprint density at radius 3 is 1.72 bits per heavy atom. The lowest BCUT2D eigenvalue weighted by molar-refractivity contribution is 1.08. The van der Waals surface area contributed by atoms with Gasteiger partial charge in [0.1, 0.15) is 0 Å². The summed E-state index contributed by atoms with van der Waals surface area (Å²) in [4.78, 5) is 21.4. The van der Waals surface area contributed by atoms with Gasteiger partial charge in [0.05, 0.1) is 38.0 Å². The molecule has 12 aromatic rings. The van der Waals surface area contributed by atoms with Crippen molar-refractivity contribution >= 4 is 70.1 Å². The van der Waals surface area contributed by atoms with E-state index in [0.29, 0.717) is 17.5 Å². The topological polar surface area (TPSA) is 60.9 Å². The van der Waals surface area contributed by atoms with Crippen LogP contribution >= 0.6 is 11.3 Å². The molecule has 0 aliphatic rings. The first-order valence-corrected chi connectivity index (χ1v) is 19.8. The molecule has 0 saturated heterocycles. The summed E-state index contributed by atoms with van der Waals surface area (Å²) >= 11 is 1.75. The zero-order chi connectivity index (χ0) is 37.5. The van der Waals surface area contributed by atoms with Gasteiger partial charge in [-0.3, -0.25) is 4.40 Å². The van der Waals surface area contributed by atoms with E-state index in [1.165, 1.54) is 26.6 Å². The van der Waals surface area contributed by atoms with E-state index >= 15 is 0 Å². The molecule has 0 unspecified atom stereocenters. The van der Waals surface area contributed by atoms with Crippen molar-refractivity contribution in [1.82, 2.24) is 28.9 Å².